The molecule has 1 saturated carbocycles. The van der Waals surface area contributed by atoms with E-state index in [0.717, 1.165) is 6.42 Å². The minimum atomic E-state index is -0.315. The third kappa shape index (κ3) is 2.49. The first kappa shape index (κ1) is 11.3. The van der Waals surface area contributed by atoms with E-state index in [4.69, 9.17) is 0 Å². The quantitative estimate of drug-likeness (QED) is 0.675. The molecule has 0 saturated heterocycles. The van der Waals surface area contributed by atoms with Crippen LogP contribution < -0.4 is 5.69 Å². The summed E-state index contributed by atoms with van der Waals surface area (Å²) >= 11 is 0. The Bertz CT molecular complexity index is 397. The Morgan fingerprint density at radius 2 is 1.81 bits per heavy atom. The smallest absolute Gasteiger partial charge is 0.325 e. The zero-order chi connectivity index (χ0) is 11.6. The van der Waals surface area contributed by atoms with Crippen LogP contribution in [0.1, 0.15) is 51.1 Å². The van der Waals surface area contributed by atoms with Gasteiger partial charge in [0.25, 0.3) is 0 Å². The van der Waals surface area contributed by atoms with Gasteiger partial charge in [-0.3, -0.25) is 4.98 Å². The summed E-state index contributed by atoms with van der Waals surface area (Å²) in [5.41, 5.74) is 0.568. The highest BCUT2D eigenvalue weighted by molar-refractivity contribution is 5.17. The Balaban J connectivity index is 2.12. The summed E-state index contributed by atoms with van der Waals surface area (Å²) < 4.78 is 0. The van der Waals surface area contributed by atoms with Crippen LogP contribution in [0.2, 0.25) is 0 Å². The zero-order valence-electron chi connectivity index (χ0n) is 9.81. The van der Waals surface area contributed by atoms with Gasteiger partial charge in [-0.2, -0.15) is 0 Å². The monoisotopic (exact) mass is 224 g/mol. The number of hydrogen-bond donors (Lipinski definition) is 3. The normalized spacial score (nSPS) is 20.6. The molecule has 1 aliphatic rings. The van der Waals surface area contributed by atoms with E-state index in [-0.39, 0.29) is 17.0 Å². The van der Waals surface area contributed by atoms with Crippen LogP contribution in [0.4, 0.5) is 0 Å². The maximum absolute atomic E-state index is 11.1. The number of nitrogens with one attached hydrogen (secondary N) is 2. The Labute approximate surface area is 95.1 Å². The van der Waals surface area contributed by atoms with Crippen molar-refractivity contribution in [3.63, 3.8) is 0 Å². The average Bonchev–Trinajstić information content (AvgIpc) is 2.41. The van der Waals surface area contributed by atoms with Crippen molar-refractivity contribution >= 4 is 0 Å². The molecule has 4 nitrogen and oxygen atoms in total. The fraction of sp³-hybridized carbons (Fsp3) is 0.750. The lowest BCUT2D eigenvalue weighted by Gasteiger charge is -2.27. The highest BCUT2D eigenvalue weighted by Crippen LogP contribution is 2.38. The molecule has 0 aliphatic heterocycles. The average molecular weight is 224 g/mol. The second-order valence-corrected chi connectivity index (χ2v) is 5.31. The van der Waals surface area contributed by atoms with Crippen molar-refractivity contribution in [1.29, 1.82) is 0 Å². The molecule has 1 aromatic rings. The van der Waals surface area contributed by atoms with Gasteiger partial charge < -0.3 is 10.1 Å². The predicted octanol–water partition coefficient (Wildman–Crippen LogP) is 2.31. The van der Waals surface area contributed by atoms with Crippen LogP contribution in [0.5, 0.6) is 5.88 Å². The van der Waals surface area contributed by atoms with Gasteiger partial charge in [0.2, 0.25) is 5.88 Å². The highest BCUT2D eigenvalue weighted by Gasteiger charge is 2.27. The molecule has 0 amide bonds. The molecule has 0 spiro atoms. The predicted molar refractivity (Wildman–Crippen MR) is 62.6 cm³/mol. The van der Waals surface area contributed by atoms with Crippen LogP contribution in [0, 0.1) is 5.41 Å². The molecular weight excluding hydrogens is 204 g/mol. The Kier molecular flexibility index (Phi) is 3.08. The van der Waals surface area contributed by atoms with Crippen molar-refractivity contribution < 1.29 is 5.11 Å². The lowest BCUT2D eigenvalue weighted by atomic mass is 9.78. The maximum Gasteiger partial charge on any atom is 0.325 e. The Morgan fingerprint density at radius 3 is 2.31 bits per heavy atom. The van der Waals surface area contributed by atoms with E-state index in [1.54, 1.807) is 0 Å². The van der Waals surface area contributed by atoms with Crippen molar-refractivity contribution in [2.24, 2.45) is 5.41 Å². The van der Waals surface area contributed by atoms with Gasteiger partial charge in [0.05, 0.1) is 5.69 Å². The van der Waals surface area contributed by atoms with E-state index in [2.05, 4.69) is 16.9 Å². The van der Waals surface area contributed by atoms with Crippen molar-refractivity contribution in [2.45, 2.75) is 51.9 Å². The molecular formula is C12H20N2O2. The standard InChI is InChI=1S/C12H20N2O2/c1-12(6-4-2-3-5-7-12)8-9-10(15)14-11(16)13-9/h15H,2-8H2,1H3,(H2,13,14,16). The fourth-order valence-corrected chi connectivity index (χ4v) is 2.72. The van der Waals surface area contributed by atoms with Crippen LogP contribution in [0.15, 0.2) is 4.79 Å². The Hall–Kier alpha value is -1.19. The number of rotatable bonds is 2. The van der Waals surface area contributed by atoms with Gasteiger partial charge in [0.15, 0.2) is 0 Å². The summed E-state index contributed by atoms with van der Waals surface area (Å²) in [5, 5.41) is 9.56. The van der Waals surface area contributed by atoms with Crippen LogP contribution in [0.3, 0.4) is 0 Å². The maximum atomic E-state index is 11.1. The molecule has 16 heavy (non-hydrogen) atoms. The first-order valence-electron chi connectivity index (χ1n) is 6.09. The van der Waals surface area contributed by atoms with E-state index in [9.17, 15) is 9.90 Å². The SMILES string of the molecule is CC1(Cc2[nH]c(=O)[nH]c2O)CCCCCC1. The number of aromatic nitrogens is 2. The molecule has 1 fully saturated rings. The molecule has 3 N–H and O–H groups in total. The van der Waals surface area contributed by atoms with Gasteiger partial charge in [-0.15, -0.1) is 0 Å². The second kappa shape index (κ2) is 4.36. The molecule has 0 radical (unpaired) electrons. The first-order chi connectivity index (χ1) is 7.59. The van der Waals surface area contributed by atoms with E-state index in [1.807, 2.05) is 0 Å². The van der Waals surface area contributed by atoms with Crippen molar-refractivity contribution in [1.82, 2.24) is 9.97 Å². The third-order valence-corrected chi connectivity index (χ3v) is 3.70. The number of aromatic amines is 2. The van der Waals surface area contributed by atoms with Crippen LogP contribution in [0.25, 0.3) is 0 Å². The zero-order valence-corrected chi connectivity index (χ0v) is 9.81. The summed E-state index contributed by atoms with van der Waals surface area (Å²) in [6, 6.07) is 0. The second-order valence-electron chi connectivity index (χ2n) is 5.31. The molecule has 2 rings (SSSR count). The van der Waals surface area contributed by atoms with Crippen LogP contribution >= 0.6 is 0 Å². The van der Waals surface area contributed by atoms with Gasteiger partial charge in [0, 0.05) is 0 Å². The largest absolute Gasteiger partial charge is 0.493 e. The summed E-state index contributed by atoms with van der Waals surface area (Å²) in [4.78, 5) is 16.1. The minimum absolute atomic E-state index is 0.00970. The van der Waals surface area contributed by atoms with E-state index < -0.39 is 0 Å². The number of hydrogen-bond acceptors (Lipinski definition) is 2. The van der Waals surface area contributed by atoms with Crippen LogP contribution in [-0.2, 0) is 6.42 Å². The summed E-state index contributed by atoms with van der Waals surface area (Å²) in [7, 11) is 0. The van der Waals surface area contributed by atoms with Crippen molar-refractivity contribution in [2.75, 3.05) is 0 Å². The summed E-state index contributed by atoms with van der Waals surface area (Å²) in [6.45, 7) is 2.25. The molecule has 1 aliphatic carbocycles. The highest BCUT2D eigenvalue weighted by atomic mass is 16.3. The molecule has 0 aromatic carbocycles. The van der Waals surface area contributed by atoms with E-state index in [1.165, 1.54) is 38.5 Å². The van der Waals surface area contributed by atoms with Gasteiger partial charge >= 0.3 is 5.69 Å². The van der Waals surface area contributed by atoms with Gasteiger partial charge in [0.1, 0.15) is 0 Å². The Morgan fingerprint density at radius 1 is 1.19 bits per heavy atom. The molecule has 0 bridgehead atoms. The topological polar surface area (TPSA) is 68.9 Å². The molecule has 1 aromatic heterocycles. The number of H-pyrrole nitrogens is 2. The molecule has 90 valence electrons. The third-order valence-electron chi connectivity index (χ3n) is 3.70. The molecule has 4 heteroatoms. The fourth-order valence-electron chi connectivity index (χ4n) is 2.72. The lowest BCUT2D eigenvalue weighted by Crippen LogP contribution is -2.19. The van der Waals surface area contributed by atoms with E-state index >= 15 is 0 Å². The summed E-state index contributed by atoms with van der Waals surface area (Å²) in [6.07, 6.45) is 8.26. The van der Waals surface area contributed by atoms with E-state index in [0.29, 0.717) is 5.69 Å². The van der Waals surface area contributed by atoms with Gasteiger partial charge in [-0.05, 0) is 24.7 Å². The number of aromatic hydroxyl groups is 1. The van der Waals surface area contributed by atoms with Gasteiger partial charge in [-0.25, -0.2) is 4.79 Å². The molecule has 0 unspecified atom stereocenters. The lowest BCUT2D eigenvalue weighted by molar-refractivity contribution is 0.269. The van der Waals surface area contributed by atoms with Crippen molar-refractivity contribution in [3.05, 3.63) is 16.2 Å². The minimum Gasteiger partial charge on any atom is -0.493 e. The molecule has 0 atom stereocenters. The van der Waals surface area contributed by atoms with Gasteiger partial charge in [-0.1, -0.05) is 32.6 Å². The first-order valence-corrected chi connectivity index (χ1v) is 6.09. The van der Waals surface area contributed by atoms with Crippen LogP contribution in [-0.4, -0.2) is 15.1 Å². The number of imidazole rings is 1. The molecule has 1 heterocycles. The summed E-state index contributed by atoms with van der Waals surface area (Å²) in [5.74, 6) is 0.00970. The van der Waals surface area contributed by atoms with Crippen molar-refractivity contribution in [3.8, 4) is 5.88 Å².